The molecule has 4 rings (SSSR count). The Balaban J connectivity index is 1.66. The molecule has 1 heterocycles. The first-order chi connectivity index (χ1) is 13.6. The van der Waals surface area contributed by atoms with Gasteiger partial charge < -0.3 is 5.32 Å². The predicted molar refractivity (Wildman–Crippen MR) is 115 cm³/mol. The first-order valence-corrected chi connectivity index (χ1v) is 10.4. The zero-order valence-electron chi connectivity index (χ0n) is 16.1. The Morgan fingerprint density at radius 2 is 2.04 bits per heavy atom. The van der Waals surface area contributed by atoms with E-state index < -0.39 is 0 Å². The highest BCUT2D eigenvalue weighted by Gasteiger charge is 2.25. The molecule has 1 aliphatic carbocycles. The van der Waals surface area contributed by atoms with Crippen LogP contribution in [0.5, 0.6) is 0 Å². The van der Waals surface area contributed by atoms with Crippen molar-refractivity contribution < 1.29 is 4.79 Å². The Morgan fingerprint density at radius 3 is 2.71 bits per heavy atom. The third-order valence-electron chi connectivity index (χ3n) is 5.07. The van der Waals surface area contributed by atoms with Crippen molar-refractivity contribution in [1.82, 2.24) is 10.3 Å². The van der Waals surface area contributed by atoms with Gasteiger partial charge in [0.25, 0.3) is 5.91 Å². The van der Waals surface area contributed by atoms with Gasteiger partial charge in [0.15, 0.2) is 0 Å². The van der Waals surface area contributed by atoms with E-state index in [1.54, 1.807) is 17.5 Å². The van der Waals surface area contributed by atoms with Gasteiger partial charge in [-0.25, -0.2) is 4.98 Å². The monoisotopic (exact) mass is 389 g/mol. The van der Waals surface area contributed by atoms with Crippen molar-refractivity contribution in [1.29, 1.82) is 0 Å². The number of aromatic nitrogens is 1. The van der Waals surface area contributed by atoms with E-state index >= 15 is 0 Å². The highest BCUT2D eigenvalue weighted by Crippen LogP contribution is 2.36. The first kappa shape index (κ1) is 18.6. The summed E-state index contributed by atoms with van der Waals surface area (Å²) in [7, 11) is 0. The number of nitrogens with one attached hydrogen (secondary N) is 1. The lowest BCUT2D eigenvalue weighted by molar-refractivity contribution is 0.0951. The molecule has 1 aliphatic rings. The molecular weight excluding hydrogens is 366 g/mol. The van der Waals surface area contributed by atoms with E-state index in [4.69, 9.17) is 4.99 Å². The molecule has 1 aromatic heterocycles. The second-order valence-corrected chi connectivity index (χ2v) is 8.10. The Labute approximate surface area is 169 Å². The van der Waals surface area contributed by atoms with E-state index in [0.29, 0.717) is 18.0 Å². The minimum atomic E-state index is -0.0952. The first-order valence-electron chi connectivity index (χ1n) is 9.53. The van der Waals surface area contributed by atoms with E-state index in [1.165, 1.54) is 12.8 Å². The number of nitrogens with zero attached hydrogens (tertiary/aromatic N) is 2. The number of thiazole rings is 1. The van der Waals surface area contributed by atoms with Gasteiger partial charge in [0.1, 0.15) is 5.01 Å². The minimum Gasteiger partial charge on any atom is -0.348 e. The van der Waals surface area contributed by atoms with Crippen LogP contribution in [0.4, 0.5) is 5.69 Å². The third-order valence-corrected chi connectivity index (χ3v) is 5.87. The SMILES string of the molecule is CC(=Nc1cc(C(=O)NCc2ccccc2)cc(-c2nccs2)c1C)C1CC1. The molecule has 28 heavy (non-hydrogen) atoms. The minimum absolute atomic E-state index is 0.0952. The van der Waals surface area contributed by atoms with Gasteiger partial charge in [0, 0.05) is 35.0 Å². The molecule has 1 saturated carbocycles. The molecule has 1 fully saturated rings. The van der Waals surface area contributed by atoms with E-state index in [2.05, 4.69) is 24.1 Å². The van der Waals surface area contributed by atoms with Gasteiger partial charge in [-0.15, -0.1) is 11.3 Å². The van der Waals surface area contributed by atoms with Crippen molar-refractivity contribution >= 4 is 28.6 Å². The van der Waals surface area contributed by atoms with Crippen molar-refractivity contribution in [2.45, 2.75) is 33.2 Å². The molecule has 2 aromatic carbocycles. The summed E-state index contributed by atoms with van der Waals surface area (Å²) in [5, 5.41) is 5.88. The van der Waals surface area contributed by atoms with Crippen molar-refractivity contribution in [3.05, 3.63) is 70.7 Å². The number of hydrogen-bond donors (Lipinski definition) is 1. The number of carbonyl (C=O) groups is 1. The Kier molecular flexibility index (Phi) is 5.35. The maximum Gasteiger partial charge on any atom is 0.251 e. The van der Waals surface area contributed by atoms with Gasteiger partial charge in [-0.1, -0.05) is 30.3 Å². The summed E-state index contributed by atoms with van der Waals surface area (Å²) >= 11 is 1.58. The summed E-state index contributed by atoms with van der Waals surface area (Å²) in [5.74, 6) is 0.500. The standard InChI is InChI=1S/C23H23N3OS/c1-15-20(23-24-10-11-28-23)12-19(13-21(15)26-16(2)18-8-9-18)22(27)25-14-17-6-4-3-5-7-17/h3-7,10-13,18H,8-9,14H2,1-2H3,(H,25,27). The van der Waals surface area contributed by atoms with E-state index in [1.807, 2.05) is 47.8 Å². The van der Waals surface area contributed by atoms with Gasteiger partial charge >= 0.3 is 0 Å². The number of aliphatic imine (C=N–C) groups is 1. The topological polar surface area (TPSA) is 54.4 Å². The fraction of sp³-hybridized carbons (Fsp3) is 0.261. The molecule has 0 unspecified atom stereocenters. The summed E-state index contributed by atoms with van der Waals surface area (Å²) < 4.78 is 0. The molecule has 0 atom stereocenters. The molecule has 4 nitrogen and oxygen atoms in total. The fourth-order valence-electron chi connectivity index (χ4n) is 3.19. The Hall–Kier alpha value is -2.79. The highest BCUT2D eigenvalue weighted by molar-refractivity contribution is 7.13. The molecule has 0 saturated heterocycles. The molecule has 3 aromatic rings. The average Bonchev–Trinajstić information content (AvgIpc) is 3.43. The number of carbonyl (C=O) groups excluding carboxylic acids is 1. The van der Waals surface area contributed by atoms with Crippen molar-refractivity contribution in [3.8, 4) is 10.6 Å². The van der Waals surface area contributed by atoms with Crippen LogP contribution in [-0.4, -0.2) is 16.6 Å². The van der Waals surface area contributed by atoms with Crippen molar-refractivity contribution in [3.63, 3.8) is 0 Å². The van der Waals surface area contributed by atoms with Crippen LogP contribution in [0.3, 0.4) is 0 Å². The summed E-state index contributed by atoms with van der Waals surface area (Å²) in [5.41, 5.74) is 5.75. The van der Waals surface area contributed by atoms with Crippen LogP contribution in [0.15, 0.2) is 59.0 Å². The van der Waals surface area contributed by atoms with Crippen LogP contribution in [-0.2, 0) is 6.54 Å². The maximum atomic E-state index is 12.9. The van der Waals surface area contributed by atoms with Crippen LogP contribution in [0.1, 0.15) is 41.3 Å². The van der Waals surface area contributed by atoms with Crippen molar-refractivity contribution in [2.24, 2.45) is 10.9 Å². The molecule has 142 valence electrons. The zero-order chi connectivity index (χ0) is 19.5. The van der Waals surface area contributed by atoms with Crippen LogP contribution < -0.4 is 5.32 Å². The summed E-state index contributed by atoms with van der Waals surface area (Å²) in [6.07, 6.45) is 4.22. The van der Waals surface area contributed by atoms with E-state index in [9.17, 15) is 4.79 Å². The number of benzene rings is 2. The van der Waals surface area contributed by atoms with Gasteiger partial charge in [0.2, 0.25) is 0 Å². The van der Waals surface area contributed by atoms with Crippen LogP contribution in [0, 0.1) is 12.8 Å². The smallest absolute Gasteiger partial charge is 0.251 e. The predicted octanol–water partition coefficient (Wildman–Crippen LogP) is 5.55. The lowest BCUT2D eigenvalue weighted by Crippen LogP contribution is -2.22. The normalized spacial score (nSPS) is 14.1. The Morgan fingerprint density at radius 1 is 1.25 bits per heavy atom. The lowest BCUT2D eigenvalue weighted by atomic mass is 10.0. The molecule has 0 radical (unpaired) electrons. The average molecular weight is 390 g/mol. The Bertz CT molecular complexity index is 1010. The molecule has 0 bridgehead atoms. The second-order valence-electron chi connectivity index (χ2n) is 7.20. The quantitative estimate of drug-likeness (QED) is 0.562. The zero-order valence-corrected chi connectivity index (χ0v) is 16.9. The molecule has 5 heteroatoms. The fourth-order valence-corrected chi connectivity index (χ4v) is 3.90. The van der Waals surface area contributed by atoms with E-state index in [-0.39, 0.29) is 5.91 Å². The molecule has 0 spiro atoms. The summed E-state index contributed by atoms with van der Waals surface area (Å²) in [4.78, 5) is 22.2. The molecule has 1 amide bonds. The molecule has 1 N–H and O–H groups in total. The lowest BCUT2D eigenvalue weighted by Gasteiger charge is -2.12. The van der Waals surface area contributed by atoms with Gasteiger partial charge in [-0.3, -0.25) is 9.79 Å². The van der Waals surface area contributed by atoms with Crippen LogP contribution in [0.25, 0.3) is 10.6 Å². The van der Waals surface area contributed by atoms with E-state index in [0.717, 1.165) is 33.1 Å². The van der Waals surface area contributed by atoms with Crippen molar-refractivity contribution in [2.75, 3.05) is 0 Å². The second kappa shape index (κ2) is 8.07. The molecular formula is C23H23N3OS. The number of amides is 1. The highest BCUT2D eigenvalue weighted by atomic mass is 32.1. The summed E-state index contributed by atoms with van der Waals surface area (Å²) in [6.45, 7) is 4.64. The van der Waals surface area contributed by atoms with Crippen LogP contribution in [0.2, 0.25) is 0 Å². The largest absolute Gasteiger partial charge is 0.348 e. The third kappa shape index (κ3) is 4.20. The maximum absolute atomic E-state index is 12.9. The van der Waals surface area contributed by atoms with Gasteiger partial charge in [0.05, 0.1) is 5.69 Å². The van der Waals surface area contributed by atoms with Crippen LogP contribution >= 0.6 is 11.3 Å². The van der Waals surface area contributed by atoms with Gasteiger partial charge in [-0.05, 0) is 55.9 Å². The number of rotatable bonds is 6. The summed E-state index contributed by atoms with van der Waals surface area (Å²) in [6, 6.07) is 13.8. The molecule has 0 aliphatic heterocycles. The number of hydrogen-bond acceptors (Lipinski definition) is 4. The van der Waals surface area contributed by atoms with Gasteiger partial charge in [-0.2, -0.15) is 0 Å².